The molecule has 0 aliphatic rings. The van der Waals surface area contributed by atoms with Crippen molar-refractivity contribution in [3.8, 4) is 6.07 Å². The first-order valence-corrected chi connectivity index (χ1v) is 4.16. The number of hydrogen-bond donors (Lipinski definition) is 2. The minimum absolute atomic E-state index is 0.0239. The van der Waals surface area contributed by atoms with Gasteiger partial charge in [0.2, 0.25) is 0 Å². The lowest BCUT2D eigenvalue weighted by Crippen LogP contribution is -2.12. The fourth-order valence-electron chi connectivity index (χ4n) is 1.34. The molecule has 7 heteroatoms. The van der Waals surface area contributed by atoms with Crippen LogP contribution in [0.25, 0.3) is 0 Å². The van der Waals surface area contributed by atoms with Gasteiger partial charge in [0.15, 0.2) is 0 Å². The fraction of sp³-hybridized carbons (Fsp3) is 0.111. The molecule has 82 valence electrons. The predicted octanol–water partition coefficient (Wildman–Crippen LogP) is 0.623. The van der Waals surface area contributed by atoms with Crippen molar-refractivity contribution in [2.75, 3.05) is 0 Å². The van der Waals surface area contributed by atoms with Gasteiger partial charge in [0.05, 0.1) is 16.6 Å². The minimum Gasteiger partial charge on any atom is -0.477 e. The maximum atomic E-state index is 10.9. The number of nitrogens with two attached hydrogens (primary N) is 1. The van der Waals surface area contributed by atoms with Crippen LogP contribution in [0, 0.1) is 21.4 Å². The van der Waals surface area contributed by atoms with E-state index in [1.807, 2.05) is 0 Å². The first kappa shape index (κ1) is 11.6. The average Bonchev–Trinajstić information content (AvgIpc) is 2.26. The number of rotatable bonds is 3. The lowest BCUT2D eigenvalue weighted by Gasteiger charge is -2.05. The number of nitriles is 1. The number of nitro benzene ring substituents is 1. The Morgan fingerprint density at radius 1 is 1.62 bits per heavy atom. The molecule has 0 bridgehead atoms. The summed E-state index contributed by atoms with van der Waals surface area (Å²) in [7, 11) is 0. The first-order chi connectivity index (χ1) is 7.52. The molecule has 0 aliphatic heterocycles. The summed E-state index contributed by atoms with van der Waals surface area (Å²) in [5, 5.41) is 28.2. The predicted molar refractivity (Wildman–Crippen MR) is 52.7 cm³/mol. The first-order valence-electron chi connectivity index (χ1n) is 4.16. The summed E-state index contributed by atoms with van der Waals surface area (Å²) in [4.78, 5) is 20.7. The van der Waals surface area contributed by atoms with Crippen molar-refractivity contribution in [2.24, 2.45) is 5.73 Å². The van der Waals surface area contributed by atoms with Gasteiger partial charge in [-0.15, -0.1) is 0 Å². The van der Waals surface area contributed by atoms with Crippen molar-refractivity contribution in [3.05, 3.63) is 38.9 Å². The summed E-state index contributed by atoms with van der Waals surface area (Å²) < 4.78 is 0. The number of carbonyl (C=O) groups is 1. The second kappa shape index (κ2) is 4.37. The van der Waals surface area contributed by atoms with Crippen molar-refractivity contribution in [2.45, 2.75) is 6.54 Å². The van der Waals surface area contributed by atoms with Crippen LogP contribution >= 0.6 is 0 Å². The van der Waals surface area contributed by atoms with Crippen molar-refractivity contribution in [3.63, 3.8) is 0 Å². The molecule has 0 amide bonds. The van der Waals surface area contributed by atoms with E-state index in [2.05, 4.69) is 0 Å². The number of nitrogens with zero attached hydrogens (tertiary/aromatic N) is 2. The molecule has 0 radical (unpaired) electrons. The van der Waals surface area contributed by atoms with Gasteiger partial charge >= 0.3 is 5.97 Å². The number of nitro groups is 1. The third-order valence-electron chi connectivity index (χ3n) is 2.03. The van der Waals surface area contributed by atoms with Crippen molar-refractivity contribution >= 4 is 11.7 Å². The van der Waals surface area contributed by atoms with Crippen LogP contribution in [0.1, 0.15) is 21.5 Å². The molecule has 7 nitrogen and oxygen atoms in total. The molecule has 3 N–H and O–H groups in total. The zero-order valence-corrected chi connectivity index (χ0v) is 8.01. The van der Waals surface area contributed by atoms with Crippen LogP contribution in [-0.4, -0.2) is 16.0 Å². The molecule has 1 rings (SSSR count). The Hall–Kier alpha value is -2.46. The number of aromatic carboxylic acids is 1. The summed E-state index contributed by atoms with van der Waals surface area (Å²) in [6.45, 7) is -0.244. The summed E-state index contributed by atoms with van der Waals surface area (Å²) in [6, 6.07) is 3.92. The van der Waals surface area contributed by atoms with Crippen molar-refractivity contribution in [1.29, 1.82) is 5.26 Å². The number of carboxylic acids is 1. The summed E-state index contributed by atoms with van der Waals surface area (Å²) >= 11 is 0. The Morgan fingerprint density at radius 2 is 2.25 bits per heavy atom. The van der Waals surface area contributed by atoms with E-state index in [1.165, 1.54) is 6.07 Å². The molecule has 0 atom stereocenters. The zero-order chi connectivity index (χ0) is 12.3. The molecule has 0 aromatic heterocycles. The topological polar surface area (TPSA) is 130 Å². The van der Waals surface area contributed by atoms with Gasteiger partial charge in [0.25, 0.3) is 5.69 Å². The quantitative estimate of drug-likeness (QED) is 0.568. The highest BCUT2D eigenvalue weighted by molar-refractivity contribution is 5.94. The maximum Gasteiger partial charge on any atom is 0.343 e. The molecule has 0 saturated carbocycles. The van der Waals surface area contributed by atoms with Crippen LogP contribution in [0.4, 0.5) is 5.69 Å². The van der Waals surface area contributed by atoms with Crippen LogP contribution in [0.2, 0.25) is 0 Å². The van der Waals surface area contributed by atoms with Gasteiger partial charge in [-0.3, -0.25) is 10.1 Å². The lowest BCUT2D eigenvalue weighted by molar-refractivity contribution is -0.385. The van der Waals surface area contributed by atoms with Gasteiger partial charge in [0, 0.05) is 18.2 Å². The standard InChI is InChI=1S/C9H7N3O4/c10-3-5-1-2-7(12(15)16)8(9(13)14)6(5)4-11/h1-2H,4,11H2,(H,13,14). The van der Waals surface area contributed by atoms with E-state index >= 15 is 0 Å². The Morgan fingerprint density at radius 3 is 2.62 bits per heavy atom. The van der Waals surface area contributed by atoms with E-state index in [1.54, 1.807) is 6.07 Å². The summed E-state index contributed by atoms with van der Waals surface area (Å²) in [5.41, 5.74) is 4.22. The number of carboxylic acid groups (broad SMARTS) is 1. The van der Waals surface area contributed by atoms with Gasteiger partial charge in [-0.05, 0) is 6.07 Å². The Bertz CT molecular complexity index is 504. The van der Waals surface area contributed by atoms with Crippen molar-refractivity contribution < 1.29 is 14.8 Å². The van der Waals surface area contributed by atoms with Gasteiger partial charge in [0.1, 0.15) is 5.56 Å². The molecule has 1 aromatic carbocycles. The average molecular weight is 221 g/mol. The largest absolute Gasteiger partial charge is 0.477 e. The molecule has 1 aromatic rings. The van der Waals surface area contributed by atoms with Crippen LogP contribution in [0.15, 0.2) is 12.1 Å². The van der Waals surface area contributed by atoms with E-state index in [0.717, 1.165) is 6.07 Å². The Labute approximate surface area is 89.9 Å². The van der Waals surface area contributed by atoms with E-state index in [4.69, 9.17) is 16.1 Å². The van der Waals surface area contributed by atoms with E-state index in [-0.39, 0.29) is 17.7 Å². The molecule has 0 aliphatic carbocycles. The van der Waals surface area contributed by atoms with Gasteiger partial charge in [-0.1, -0.05) is 0 Å². The second-order valence-corrected chi connectivity index (χ2v) is 2.86. The summed E-state index contributed by atoms with van der Waals surface area (Å²) in [5.74, 6) is -1.47. The maximum absolute atomic E-state index is 10.9. The lowest BCUT2D eigenvalue weighted by atomic mass is 10.00. The minimum atomic E-state index is -1.47. The third kappa shape index (κ3) is 1.82. The van der Waals surface area contributed by atoms with Crippen LogP contribution < -0.4 is 5.73 Å². The molecule has 0 unspecified atom stereocenters. The Balaban J connectivity index is 3.65. The SMILES string of the molecule is N#Cc1ccc([N+](=O)[O-])c(C(=O)O)c1CN. The van der Waals surface area contributed by atoms with Gasteiger partial charge < -0.3 is 10.8 Å². The van der Waals surface area contributed by atoms with Crippen LogP contribution in [0.3, 0.4) is 0 Å². The Kier molecular flexibility index (Phi) is 3.17. The number of hydrogen-bond acceptors (Lipinski definition) is 5. The number of benzene rings is 1. The van der Waals surface area contributed by atoms with Gasteiger partial charge in [-0.2, -0.15) is 5.26 Å². The van der Waals surface area contributed by atoms with E-state index < -0.39 is 22.1 Å². The second-order valence-electron chi connectivity index (χ2n) is 2.86. The molecule has 0 spiro atoms. The monoisotopic (exact) mass is 221 g/mol. The molecular weight excluding hydrogens is 214 g/mol. The highest BCUT2D eigenvalue weighted by Gasteiger charge is 2.25. The molecule has 0 heterocycles. The third-order valence-corrected chi connectivity index (χ3v) is 2.03. The normalized spacial score (nSPS) is 9.50. The van der Waals surface area contributed by atoms with Crippen LogP contribution in [0.5, 0.6) is 0 Å². The van der Waals surface area contributed by atoms with E-state index in [0.29, 0.717) is 0 Å². The molecule has 0 saturated heterocycles. The van der Waals surface area contributed by atoms with Crippen molar-refractivity contribution in [1.82, 2.24) is 0 Å². The van der Waals surface area contributed by atoms with E-state index in [9.17, 15) is 14.9 Å². The highest BCUT2D eigenvalue weighted by atomic mass is 16.6. The summed E-state index contributed by atoms with van der Waals surface area (Å²) in [6.07, 6.45) is 0. The highest BCUT2D eigenvalue weighted by Crippen LogP contribution is 2.25. The molecule has 0 fully saturated rings. The molecular formula is C9H7N3O4. The van der Waals surface area contributed by atoms with Crippen LogP contribution in [-0.2, 0) is 6.54 Å². The zero-order valence-electron chi connectivity index (χ0n) is 8.01. The fourth-order valence-corrected chi connectivity index (χ4v) is 1.34. The van der Waals surface area contributed by atoms with Gasteiger partial charge in [-0.25, -0.2) is 4.79 Å². The smallest absolute Gasteiger partial charge is 0.343 e. The molecule has 16 heavy (non-hydrogen) atoms.